The molecule has 0 fully saturated rings. The van der Waals surface area contributed by atoms with Gasteiger partial charge in [-0.25, -0.2) is 4.79 Å². The molecule has 7 nitrogen and oxygen atoms in total. The first-order valence-electron chi connectivity index (χ1n) is 10.6. The lowest BCUT2D eigenvalue weighted by Crippen LogP contribution is -2.20. The fourth-order valence-electron chi connectivity index (χ4n) is 4.22. The molecule has 0 heterocycles. The molecular formula is C26H23NO6. The number of fused-ring (bicyclic) bond motifs is 3. The van der Waals surface area contributed by atoms with Crippen LogP contribution in [0.3, 0.4) is 0 Å². The maximum Gasteiger partial charge on any atom is 0.411 e. The molecule has 1 aliphatic rings. The summed E-state index contributed by atoms with van der Waals surface area (Å²) in [6.07, 6.45) is -0.944. The Kier molecular flexibility index (Phi) is 6.40. The molecular weight excluding hydrogens is 422 g/mol. The second-order valence-corrected chi connectivity index (χ2v) is 7.98. The molecule has 3 aromatic carbocycles. The molecule has 1 aliphatic carbocycles. The highest BCUT2D eigenvalue weighted by Crippen LogP contribution is 2.44. The van der Waals surface area contributed by atoms with Crippen LogP contribution in [0.2, 0.25) is 0 Å². The summed E-state index contributed by atoms with van der Waals surface area (Å²) in [5.41, 5.74) is 5.73. The summed E-state index contributed by atoms with van der Waals surface area (Å²) >= 11 is 0. The fourth-order valence-corrected chi connectivity index (χ4v) is 4.22. The standard InChI is InChI=1S/C26H23NO6/c28-24(29)14-17(25(30)31)13-16-9-11-18(12-10-16)27-26(32)33-15-23-21-7-3-1-5-19(21)20-6-2-4-8-22(20)23/h1-12,17,23H,13-15H2,(H,27,32)(H,28,29)(H,30,31). The third kappa shape index (κ3) is 5.03. The summed E-state index contributed by atoms with van der Waals surface area (Å²) in [4.78, 5) is 34.5. The smallest absolute Gasteiger partial charge is 0.411 e. The van der Waals surface area contributed by atoms with Gasteiger partial charge in [0.15, 0.2) is 0 Å². The number of anilines is 1. The quantitative estimate of drug-likeness (QED) is 0.461. The van der Waals surface area contributed by atoms with Crippen molar-refractivity contribution in [3.63, 3.8) is 0 Å². The lowest BCUT2D eigenvalue weighted by atomic mass is 9.96. The number of hydrogen-bond donors (Lipinski definition) is 3. The van der Waals surface area contributed by atoms with Crippen LogP contribution < -0.4 is 5.32 Å². The second-order valence-electron chi connectivity index (χ2n) is 7.98. The van der Waals surface area contributed by atoms with Crippen molar-refractivity contribution in [1.29, 1.82) is 0 Å². The summed E-state index contributed by atoms with van der Waals surface area (Å²) in [5, 5.41) is 20.7. The molecule has 0 spiro atoms. The second kappa shape index (κ2) is 9.56. The lowest BCUT2D eigenvalue weighted by Gasteiger charge is -2.15. The number of aliphatic carboxylic acids is 2. The Bertz CT molecular complexity index is 1140. The summed E-state index contributed by atoms with van der Waals surface area (Å²) in [6.45, 7) is 0.202. The maximum absolute atomic E-state index is 12.4. The maximum atomic E-state index is 12.4. The number of carbonyl (C=O) groups excluding carboxylic acids is 1. The summed E-state index contributed by atoms with van der Waals surface area (Å²) in [7, 11) is 0. The Hall–Kier alpha value is -4.13. The molecule has 0 saturated heterocycles. The number of amides is 1. The van der Waals surface area contributed by atoms with Gasteiger partial charge < -0.3 is 14.9 Å². The summed E-state index contributed by atoms with van der Waals surface area (Å²) in [5.74, 6) is -3.36. The summed E-state index contributed by atoms with van der Waals surface area (Å²) < 4.78 is 5.52. The van der Waals surface area contributed by atoms with Crippen molar-refractivity contribution in [2.75, 3.05) is 11.9 Å². The van der Waals surface area contributed by atoms with Gasteiger partial charge in [-0.15, -0.1) is 0 Å². The molecule has 1 unspecified atom stereocenters. The molecule has 1 amide bonds. The fraction of sp³-hybridized carbons (Fsp3) is 0.192. The minimum absolute atomic E-state index is 0.0345. The van der Waals surface area contributed by atoms with E-state index < -0.39 is 30.4 Å². The van der Waals surface area contributed by atoms with Crippen LogP contribution in [0.5, 0.6) is 0 Å². The first-order chi connectivity index (χ1) is 15.9. The average molecular weight is 445 g/mol. The highest BCUT2D eigenvalue weighted by Gasteiger charge is 2.29. The topological polar surface area (TPSA) is 113 Å². The van der Waals surface area contributed by atoms with E-state index in [1.807, 2.05) is 24.3 Å². The van der Waals surface area contributed by atoms with E-state index in [4.69, 9.17) is 9.84 Å². The van der Waals surface area contributed by atoms with Gasteiger partial charge in [0, 0.05) is 11.6 Å². The Morgan fingerprint density at radius 3 is 1.97 bits per heavy atom. The largest absolute Gasteiger partial charge is 0.481 e. The van der Waals surface area contributed by atoms with Crippen molar-refractivity contribution in [1.82, 2.24) is 0 Å². The molecule has 0 radical (unpaired) electrons. The van der Waals surface area contributed by atoms with Gasteiger partial charge >= 0.3 is 18.0 Å². The zero-order valence-corrected chi connectivity index (χ0v) is 17.7. The van der Waals surface area contributed by atoms with Crippen molar-refractivity contribution in [2.45, 2.75) is 18.8 Å². The van der Waals surface area contributed by atoms with E-state index >= 15 is 0 Å². The Morgan fingerprint density at radius 1 is 0.848 bits per heavy atom. The Labute approximate surface area is 190 Å². The predicted molar refractivity (Wildman–Crippen MR) is 122 cm³/mol. The van der Waals surface area contributed by atoms with Crippen molar-refractivity contribution < 1.29 is 29.3 Å². The molecule has 168 valence electrons. The number of carboxylic acids is 2. The van der Waals surface area contributed by atoms with Gasteiger partial charge in [-0.3, -0.25) is 14.9 Å². The molecule has 0 aromatic heterocycles. The third-order valence-corrected chi connectivity index (χ3v) is 5.80. The first kappa shape index (κ1) is 22.1. The van der Waals surface area contributed by atoms with Crippen LogP contribution in [0.1, 0.15) is 29.0 Å². The molecule has 0 aliphatic heterocycles. The zero-order valence-electron chi connectivity index (χ0n) is 17.7. The van der Waals surface area contributed by atoms with Gasteiger partial charge in [-0.1, -0.05) is 60.7 Å². The van der Waals surface area contributed by atoms with Gasteiger partial charge in [0.25, 0.3) is 0 Å². The van der Waals surface area contributed by atoms with E-state index in [0.717, 1.165) is 22.3 Å². The molecule has 3 aromatic rings. The minimum atomic E-state index is -1.16. The highest BCUT2D eigenvalue weighted by molar-refractivity contribution is 5.85. The number of hydrogen-bond acceptors (Lipinski definition) is 4. The highest BCUT2D eigenvalue weighted by atomic mass is 16.5. The zero-order chi connectivity index (χ0) is 23.4. The number of nitrogens with one attached hydrogen (secondary N) is 1. The van der Waals surface area contributed by atoms with E-state index in [0.29, 0.717) is 11.3 Å². The molecule has 0 bridgehead atoms. The van der Waals surface area contributed by atoms with Gasteiger partial charge in [0.1, 0.15) is 6.61 Å². The van der Waals surface area contributed by atoms with Gasteiger partial charge in [-0.2, -0.15) is 0 Å². The van der Waals surface area contributed by atoms with Crippen molar-refractivity contribution in [3.8, 4) is 11.1 Å². The molecule has 7 heteroatoms. The number of carboxylic acid groups (broad SMARTS) is 2. The van der Waals surface area contributed by atoms with Crippen LogP contribution in [0, 0.1) is 5.92 Å². The normalized spacial score (nSPS) is 13.0. The molecule has 1 atom stereocenters. The average Bonchev–Trinajstić information content (AvgIpc) is 3.12. The number of rotatable bonds is 8. The van der Waals surface area contributed by atoms with Gasteiger partial charge in [-0.05, 0) is 46.4 Å². The van der Waals surface area contributed by atoms with Gasteiger partial charge in [0.05, 0.1) is 12.3 Å². The van der Waals surface area contributed by atoms with E-state index in [-0.39, 0.29) is 18.9 Å². The van der Waals surface area contributed by atoms with E-state index in [1.165, 1.54) is 0 Å². The molecule has 33 heavy (non-hydrogen) atoms. The SMILES string of the molecule is O=C(O)CC(Cc1ccc(NC(=O)OCC2c3ccccc3-c3ccccc32)cc1)C(=O)O. The number of ether oxygens (including phenoxy) is 1. The first-order valence-corrected chi connectivity index (χ1v) is 10.6. The third-order valence-electron chi connectivity index (χ3n) is 5.80. The van der Waals surface area contributed by atoms with Crippen LogP contribution >= 0.6 is 0 Å². The van der Waals surface area contributed by atoms with E-state index in [1.54, 1.807) is 24.3 Å². The van der Waals surface area contributed by atoms with Crippen LogP contribution in [0.4, 0.5) is 10.5 Å². The van der Waals surface area contributed by atoms with Crippen LogP contribution in [0.15, 0.2) is 72.8 Å². The predicted octanol–water partition coefficient (Wildman–Crippen LogP) is 4.77. The minimum Gasteiger partial charge on any atom is -0.481 e. The lowest BCUT2D eigenvalue weighted by molar-refractivity contribution is -0.148. The van der Waals surface area contributed by atoms with E-state index in [2.05, 4.69) is 29.6 Å². The molecule has 4 rings (SSSR count). The van der Waals surface area contributed by atoms with Gasteiger partial charge in [0.2, 0.25) is 0 Å². The van der Waals surface area contributed by atoms with Crippen molar-refractivity contribution >= 4 is 23.7 Å². The molecule has 3 N–H and O–H groups in total. The summed E-state index contributed by atoms with van der Waals surface area (Å²) in [6, 6.07) is 22.8. The molecule has 0 saturated carbocycles. The van der Waals surface area contributed by atoms with Crippen LogP contribution in [0.25, 0.3) is 11.1 Å². The Morgan fingerprint density at radius 2 is 1.42 bits per heavy atom. The van der Waals surface area contributed by atoms with Crippen molar-refractivity contribution in [3.05, 3.63) is 89.5 Å². The number of carbonyl (C=O) groups is 3. The van der Waals surface area contributed by atoms with Crippen molar-refractivity contribution in [2.24, 2.45) is 5.92 Å². The Balaban J connectivity index is 1.36. The van der Waals surface area contributed by atoms with E-state index in [9.17, 15) is 19.5 Å². The monoisotopic (exact) mass is 445 g/mol. The van der Waals surface area contributed by atoms with Crippen LogP contribution in [-0.4, -0.2) is 34.9 Å². The number of benzene rings is 3. The van der Waals surface area contributed by atoms with Crippen LogP contribution in [-0.2, 0) is 20.7 Å².